The summed E-state index contributed by atoms with van der Waals surface area (Å²) in [5, 5.41) is 4.48. The lowest BCUT2D eigenvalue weighted by molar-refractivity contribution is -0.142. The molecule has 0 aliphatic carbocycles. The van der Waals surface area contributed by atoms with Crippen molar-refractivity contribution < 1.29 is 27.1 Å². The van der Waals surface area contributed by atoms with Gasteiger partial charge in [-0.1, -0.05) is 18.2 Å². The second-order valence-corrected chi connectivity index (χ2v) is 9.18. The number of hydrogen-bond donors (Lipinski definition) is 2. The van der Waals surface area contributed by atoms with E-state index in [0.717, 1.165) is 17.4 Å². The highest BCUT2D eigenvalue weighted by molar-refractivity contribution is 7.92. The minimum Gasteiger partial charge on any atom is -0.466 e. The van der Waals surface area contributed by atoms with Gasteiger partial charge in [-0.2, -0.15) is 0 Å². The molecule has 1 amide bonds. The van der Waals surface area contributed by atoms with E-state index < -0.39 is 27.7 Å². The highest BCUT2D eigenvalue weighted by Gasteiger charge is 2.20. The van der Waals surface area contributed by atoms with Crippen molar-refractivity contribution in [3.63, 3.8) is 0 Å². The number of ether oxygens (including phenoxy) is 1. The summed E-state index contributed by atoms with van der Waals surface area (Å²) in [6.45, 7) is 3.62. The number of esters is 1. The highest BCUT2D eigenvalue weighted by Crippen LogP contribution is 2.23. The summed E-state index contributed by atoms with van der Waals surface area (Å²) in [5.74, 6) is -1.71. The van der Waals surface area contributed by atoms with E-state index in [9.17, 15) is 22.4 Å². The molecule has 0 atom stereocenters. The van der Waals surface area contributed by atoms with Crippen LogP contribution in [0.3, 0.4) is 0 Å². The number of carbonyl (C=O) groups is 2. The molecule has 0 aliphatic heterocycles. The first kappa shape index (κ1) is 23.4. The van der Waals surface area contributed by atoms with E-state index >= 15 is 0 Å². The fourth-order valence-electron chi connectivity index (χ4n) is 2.73. The van der Waals surface area contributed by atoms with Gasteiger partial charge in [0.2, 0.25) is 0 Å². The third-order valence-corrected chi connectivity index (χ3v) is 6.45. The van der Waals surface area contributed by atoms with Crippen molar-refractivity contribution in [2.24, 2.45) is 0 Å². The first-order valence-corrected chi connectivity index (χ1v) is 11.8. The summed E-state index contributed by atoms with van der Waals surface area (Å²) < 4.78 is 46.3. The van der Waals surface area contributed by atoms with Crippen LogP contribution in [-0.4, -0.2) is 31.9 Å². The molecule has 0 radical (unpaired) electrons. The minimum atomic E-state index is -4.13. The molecule has 3 aromatic rings. The lowest BCUT2D eigenvalue weighted by Crippen LogP contribution is -2.17. The monoisotopic (exact) mass is 477 g/mol. The Kier molecular flexibility index (Phi) is 7.21. The third-order valence-electron chi connectivity index (χ3n) is 4.29. The fraction of sp³-hybridized carbons (Fsp3) is 0.190. The van der Waals surface area contributed by atoms with Gasteiger partial charge in [0, 0.05) is 10.9 Å². The molecule has 8 nitrogen and oxygen atoms in total. The molecule has 0 aliphatic rings. The Morgan fingerprint density at radius 3 is 2.66 bits per heavy atom. The number of halogens is 1. The molecule has 2 N–H and O–H groups in total. The molecule has 2 aromatic carbocycles. The summed E-state index contributed by atoms with van der Waals surface area (Å²) in [6, 6.07) is 9.40. The zero-order valence-corrected chi connectivity index (χ0v) is 18.8. The molecular formula is C21H20FN3O5S2. The van der Waals surface area contributed by atoms with Crippen LogP contribution in [0.25, 0.3) is 0 Å². The van der Waals surface area contributed by atoms with E-state index in [4.69, 9.17) is 4.74 Å². The van der Waals surface area contributed by atoms with Crippen molar-refractivity contribution in [2.75, 3.05) is 16.6 Å². The second kappa shape index (κ2) is 9.88. The average Bonchev–Trinajstić information content (AvgIpc) is 3.16. The molecule has 0 spiro atoms. The van der Waals surface area contributed by atoms with Crippen LogP contribution in [0, 0.1) is 12.7 Å². The topological polar surface area (TPSA) is 114 Å². The average molecular weight is 478 g/mol. The Morgan fingerprint density at radius 1 is 1.19 bits per heavy atom. The van der Waals surface area contributed by atoms with E-state index in [1.165, 1.54) is 36.4 Å². The molecular weight excluding hydrogens is 457 g/mol. The maximum absolute atomic E-state index is 13.8. The van der Waals surface area contributed by atoms with Gasteiger partial charge in [-0.25, -0.2) is 17.8 Å². The van der Waals surface area contributed by atoms with Gasteiger partial charge in [-0.15, -0.1) is 11.3 Å². The Bertz CT molecular complexity index is 1260. The Hall–Kier alpha value is -3.31. The standard InChI is InChI=1S/C21H20FN3O5S2/c1-3-30-19(26)10-14-12-31-21(23-14)24-20(27)16-11-15(9-8-13(16)2)32(28,29)25-18-7-5-4-6-17(18)22/h4-9,11-12,25H,3,10H2,1-2H3,(H,23,24,27). The number of sulfonamides is 1. The smallest absolute Gasteiger partial charge is 0.311 e. The maximum atomic E-state index is 13.8. The Morgan fingerprint density at radius 2 is 1.94 bits per heavy atom. The maximum Gasteiger partial charge on any atom is 0.311 e. The van der Waals surface area contributed by atoms with Crippen LogP contribution in [0.4, 0.5) is 15.2 Å². The SMILES string of the molecule is CCOC(=O)Cc1csc(NC(=O)c2cc(S(=O)(=O)Nc3ccccc3F)ccc2C)n1. The van der Waals surface area contributed by atoms with E-state index in [0.29, 0.717) is 11.3 Å². The summed E-state index contributed by atoms with van der Waals surface area (Å²) in [7, 11) is -4.13. The van der Waals surface area contributed by atoms with Gasteiger partial charge in [0.1, 0.15) is 5.82 Å². The Labute approximate surface area is 188 Å². The normalized spacial score (nSPS) is 11.1. The largest absolute Gasteiger partial charge is 0.466 e. The number of rotatable bonds is 8. The molecule has 0 fully saturated rings. The van der Waals surface area contributed by atoms with Crippen LogP contribution in [0.2, 0.25) is 0 Å². The number of thiazole rings is 1. The van der Waals surface area contributed by atoms with Crippen LogP contribution >= 0.6 is 11.3 Å². The predicted octanol–water partition coefficient (Wildman–Crippen LogP) is 3.75. The first-order valence-electron chi connectivity index (χ1n) is 9.49. The number of benzene rings is 2. The van der Waals surface area contributed by atoms with Crippen molar-refractivity contribution >= 4 is 44.1 Å². The van der Waals surface area contributed by atoms with Crippen LogP contribution in [-0.2, 0) is 26.0 Å². The molecule has 11 heteroatoms. The quantitative estimate of drug-likeness (QED) is 0.478. The van der Waals surface area contributed by atoms with Crippen molar-refractivity contribution in [2.45, 2.75) is 25.2 Å². The van der Waals surface area contributed by atoms with Crippen molar-refractivity contribution in [3.8, 4) is 0 Å². The van der Waals surface area contributed by atoms with E-state index in [1.54, 1.807) is 19.2 Å². The van der Waals surface area contributed by atoms with Gasteiger partial charge in [-0.3, -0.25) is 19.6 Å². The number of hydrogen-bond acceptors (Lipinski definition) is 7. The summed E-state index contributed by atoms with van der Waals surface area (Å²) in [5.41, 5.74) is 0.904. The van der Waals surface area contributed by atoms with Crippen LogP contribution in [0.5, 0.6) is 0 Å². The Balaban J connectivity index is 1.78. The summed E-state index contributed by atoms with van der Waals surface area (Å²) >= 11 is 1.13. The van der Waals surface area contributed by atoms with Crippen LogP contribution in [0.1, 0.15) is 28.5 Å². The predicted molar refractivity (Wildman–Crippen MR) is 119 cm³/mol. The van der Waals surface area contributed by atoms with Gasteiger partial charge in [0.05, 0.1) is 29.3 Å². The number of para-hydroxylation sites is 1. The number of aromatic nitrogens is 1. The van der Waals surface area contributed by atoms with Crippen molar-refractivity contribution in [1.82, 2.24) is 4.98 Å². The van der Waals surface area contributed by atoms with Gasteiger partial charge >= 0.3 is 5.97 Å². The fourth-order valence-corrected chi connectivity index (χ4v) is 4.53. The van der Waals surface area contributed by atoms with Gasteiger partial charge < -0.3 is 4.74 Å². The molecule has 0 unspecified atom stereocenters. The van der Waals surface area contributed by atoms with Gasteiger partial charge in [0.15, 0.2) is 5.13 Å². The van der Waals surface area contributed by atoms with Crippen molar-refractivity contribution in [3.05, 3.63) is 70.5 Å². The van der Waals surface area contributed by atoms with Crippen LogP contribution in [0.15, 0.2) is 52.7 Å². The first-order chi connectivity index (χ1) is 15.2. The second-order valence-electron chi connectivity index (χ2n) is 6.64. The lowest BCUT2D eigenvalue weighted by Gasteiger charge is -2.11. The summed E-state index contributed by atoms with van der Waals surface area (Å²) in [4.78, 5) is 28.3. The molecule has 32 heavy (non-hydrogen) atoms. The lowest BCUT2D eigenvalue weighted by atomic mass is 10.1. The van der Waals surface area contributed by atoms with E-state index in [2.05, 4.69) is 15.0 Å². The molecule has 168 valence electrons. The molecule has 0 saturated heterocycles. The zero-order valence-electron chi connectivity index (χ0n) is 17.2. The molecule has 1 heterocycles. The molecule has 1 aromatic heterocycles. The van der Waals surface area contributed by atoms with Gasteiger partial charge in [-0.05, 0) is 43.7 Å². The van der Waals surface area contributed by atoms with E-state index in [1.807, 2.05) is 0 Å². The molecule has 3 rings (SSSR count). The van der Waals surface area contributed by atoms with Crippen molar-refractivity contribution in [1.29, 1.82) is 0 Å². The number of nitrogens with one attached hydrogen (secondary N) is 2. The number of amides is 1. The number of anilines is 2. The number of carbonyl (C=O) groups excluding carboxylic acids is 2. The highest BCUT2D eigenvalue weighted by atomic mass is 32.2. The number of aryl methyl sites for hydroxylation is 1. The molecule has 0 bridgehead atoms. The van der Waals surface area contributed by atoms with Crippen LogP contribution < -0.4 is 10.0 Å². The van der Waals surface area contributed by atoms with E-state index in [-0.39, 0.29) is 34.3 Å². The minimum absolute atomic E-state index is 0.0192. The zero-order chi connectivity index (χ0) is 23.3. The third kappa shape index (κ3) is 5.68. The molecule has 0 saturated carbocycles. The van der Waals surface area contributed by atoms with Gasteiger partial charge in [0.25, 0.3) is 15.9 Å². The summed E-state index contributed by atoms with van der Waals surface area (Å²) in [6.07, 6.45) is -0.0192. The number of nitrogens with zero attached hydrogens (tertiary/aromatic N) is 1.